The van der Waals surface area contributed by atoms with Gasteiger partial charge in [-0.15, -0.1) is 0 Å². The predicted octanol–water partition coefficient (Wildman–Crippen LogP) is 3.87. The molecular formula is C18H25FN2O2. The summed E-state index contributed by atoms with van der Waals surface area (Å²) in [5.41, 5.74) is 0.412. The minimum atomic E-state index is -0.543. The van der Waals surface area contributed by atoms with Crippen LogP contribution in [0.4, 0.5) is 10.1 Å². The van der Waals surface area contributed by atoms with Crippen molar-refractivity contribution in [1.82, 2.24) is 5.32 Å². The number of anilines is 1. The Morgan fingerprint density at radius 2 is 2.09 bits per heavy atom. The molecule has 0 spiro atoms. The quantitative estimate of drug-likeness (QED) is 0.836. The van der Waals surface area contributed by atoms with Crippen LogP contribution in [0.15, 0.2) is 18.2 Å². The first-order valence-corrected chi connectivity index (χ1v) is 8.39. The molecule has 23 heavy (non-hydrogen) atoms. The second kappa shape index (κ2) is 8.09. The third kappa shape index (κ3) is 4.78. The van der Waals surface area contributed by atoms with Crippen molar-refractivity contribution in [3.05, 3.63) is 29.6 Å². The van der Waals surface area contributed by atoms with E-state index in [1.54, 1.807) is 0 Å². The SMILES string of the molecule is CCCC[C@H]1CCC[C@@H]1NC(=O)c1ccc(F)c(NC(C)=O)c1. The van der Waals surface area contributed by atoms with Crippen LogP contribution in [0.25, 0.3) is 0 Å². The van der Waals surface area contributed by atoms with Crippen molar-refractivity contribution in [2.75, 3.05) is 5.32 Å². The fraction of sp³-hybridized carbons (Fsp3) is 0.556. The van der Waals surface area contributed by atoms with Gasteiger partial charge in [0.2, 0.25) is 5.91 Å². The molecule has 0 bridgehead atoms. The number of amides is 2. The number of hydrogen-bond donors (Lipinski definition) is 2. The zero-order valence-electron chi connectivity index (χ0n) is 13.8. The Balaban J connectivity index is 2.04. The normalized spacial score (nSPS) is 20.3. The van der Waals surface area contributed by atoms with E-state index in [0.29, 0.717) is 11.5 Å². The van der Waals surface area contributed by atoms with Crippen LogP contribution in [0.2, 0.25) is 0 Å². The lowest BCUT2D eigenvalue weighted by molar-refractivity contribution is -0.114. The van der Waals surface area contributed by atoms with E-state index in [2.05, 4.69) is 17.6 Å². The zero-order valence-corrected chi connectivity index (χ0v) is 13.8. The highest BCUT2D eigenvalue weighted by Crippen LogP contribution is 2.30. The molecule has 1 fully saturated rings. The highest BCUT2D eigenvalue weighted by atomic mass is 19.1. The topological polar surface area (TPSA) is 58.2 Å². The summed E-state index contributed by atoms with van der Waals surface area (Å²) in [6.07, 6.45) is 6.78. The molecule has 2 rings (SSSR count). The number of carbonyl (C=O) groups excluding carboxylic acids is 2. The lowest BCUT2D eigenvalue weighted by Crippen LogP contribution is -2.37. The summed E-state index contributed by atoms with van der Waals surface area (Å²) in [6.45, 7) is 3.48. The number of hydrogen-bond acceptors (Lipinski definition) is 2. The zero-order chi connectivity index (χ0) is 16.8. The highest BCUT2D eigenvalue weighted by molar-refractivity contribution is 5.97. The Hall–Kier alpha value is -1.91. The molecule has 1 aromatic carbocycles. The van der Waals surface area contributed by atoms with Gasteiger partial charge in [0.25, 0.3) is 5.91 Å². The number of unbranched alkanes of at least 4 members (excludes halogenated alkanes) is 1. The maximum absolute atomic E-state index is 13.7. The predicted molar refractivity (Wildman–Crippen MR) is 88.8 cm³/mol. The van der Waals surface area contributed by atoms with Gasteiger partial charge >= 0.3 is 0 Å². The molecule has 5 heteroatoms. The van der Waals surface area contributed by atoms with E-state index in [4.69, 9.17) is 0 Å². The number of carbonyl (C=O) groups is 2. The Morgan fingerprint density at radius 1 is 1.30 bits per heavy atom. The molecule has 1 aromatic rings. The second-order valence-corrected chi connectivity index (χ2v) is 6.29. The summed E-state index contributed by atoms with van der Waals surface area (Å²) in [7, 11) is 0. The molecule has 126 valence electrons. The molecule has 0 radical (unpaired) electrons. The molecule has 0 saturated heterocycles. The lowest BCUT2D eigenvalue weighted by atomic mass is 9.96. The van der Waals surface area contributed by atoms with Crippen LogP contribution in [0.5, 0.6) is 0 Å². The average Bonchev–Trinajstić information content (AvgIpc) is 2.94. The molecule has 1 saturated carbocycles. The van der Waals surface area contributed by atoms with Crippen molar-refractivity contribution in [3.8, 4) is 0 Å². The van der Waals surface area contributed by atoms with Crippen LogP contribution < -0.4 is 10.6 Å². The molecule has 4 nitrogen and oxygen atoms in total. The molecular weight excluding hydrogens is 295 g/mol. The summed E-state index contributed by atoms with van der Waals surface area (Å²) in [5, 5.41) is 5.48. The molecule has 2 atom stereocenters. The fourth-order valence-corrected chi connectivity index (χ4v) is 3.24. The highest BCUT2D eigenvalue weighted by Gasteiger charge is 2.28. The van der Waals surface area contributed by atoms with Gasteiger partial charge in [-0.2, -0.15) is 0 Å². The van der Waals surface area contributed by atoms with Gasteiger partial charge in [0.05, 0.1) is 5.69 Å². The van der Waals surface area contributed by atoms with Crippen molar-refractivity contribution in [3.63, 3.8) is 0 Å². The van der Waals surface area contributed by atoms with Gasteiger partial charge in [0, 0.05) is 18.5 Å². The van der Waals surface area contributed by atoms with Gasteiger partial charge in [0.1, 0.15) is 5.82 Å². The smallest absolute Gasteiger partial charge is 0.251 e. The van der Waals surface area contributed by atoms with Gasteiger partial charge in [-0.25, -0.2) is 4.39 Å². The van der Waals surface area contributed by atoms with E-state index in [-0.39, 0.29) is 23.5 Å². The molecule has 0 unspecified atom stereocenters. The molecule has 2 N–H and O–H groups in total. The summed E-state index contributed by atoms with van der Waals surface area (Å²) in [6, 6.07) is 4.25. The van der Waals surface area contributed by atoms with Crippen molar-refractivity contribution in [2.45, 2.75) is 58.4 Å². The summed E-state index contributed by atoms with van der Waals surface area (Å²) < 4.78 is 13.7. The van der Waals surface area contributed by atoms with E-state index >= 15 is 0 Å². The van der Waals surface area contributed by atoms with E-state index < -0.39 is 5.82 Å². The standard InChI is InChI=1S/C18H25FN2O2/c1-3-4-6-13-7-5-8-16(13)21-18(23)14-9-10-15(19)17(11-14)20-12(2)22/h9-11,13,16H,3-8H2,1-2H3,(H,20,22)(H,21,23)/t13-,16-/m0/s1. The molecule has 0 aromatic heterocycles. The van der Waals surface area contributed by atoms with E-state index in [1.165, 1.54) is 31.5 Å². The molecule has 1 aliphatic rings. The van der Waals surface area contributed by atoms with Gasteiger partial charge in [0.15, 0.2) is 0 Å². The minimum absolute atomic E-state index is 0.0408. The van der Waals surface area contributed by atoms with Crippen LogP contribution in [-0.2, 0) is 4.79 Å². The largest absolute Gasteiger partial charge is 0.349 e. The van der Waals surface area contributed by atoms with Gasteiger partial charge in [-0.1, -0.05) is 26.2 Å². The molecule has 0 aliphatic heterocycles. The maximum atomic E-state index is 13.7. The lowest BCUT2D eigenvalue weighted by Gasteiger charge is -2.21. The minimum Gasteiger partial charge on any atom is -0.349 e. The maximum Gasteiger partial charge on any atom is 0.251 e. The average molecular weight is 320 g/mol. The summed E-state index contributed by atoms with van der Waals surface area (Å²) in [5.74, 6) is -0.575. The van der Waals surface area contributed by atoms with Crippen LogP contribution in [-0.4, -0.2) is 17.9 Å². The Bertz CT molecular complexity index is 574. The fourth-order valence-electron chi connectivity index (χ4n) is 3.24. The third-order valence-electron chi connectivity index (χ3n) is 4.44. The van der Waals surface area contributed by atoms with Crippen LogP contribution in [0.1, 0.15) is 62.7 Å². The monoisotopic (exact) mass is 320 g/mol. The van der Waals surface area contributed by atoms with E-state index in [1.807, 2.05) is 0 Å². The molecule has 2 amide bonds. The number of rotatable bonds is 6. The van der Waals surface area contributed by atoms with E-state index in [9.17, 15) is 14.0 Å². The number of benzene rings is 1. The Morgan fingerprint density at radius 3 is 2.78 bits per heavy atom. The van der Waals surface area contributed by atoms with Gasteiger partial charge < -0.3 is 10.6 Å². The first kappa shape index (κ1) is 17.4. The van der Waals surface area contributed by atoms with Crippen molar-refractivity contribution in [1.29, 1.82) is 0 Å². The van der Waals surface area contributed by atoms with E-state index in [0.717, 1.165) is 32.1 Å². The van der Waals surface area contributed by atoms with Crippen LogP contribution in [0, 0.1) is 11.7 Å². The van der Waals surface area contributed by atoms with Crippen LogP contribution in [0.3, 0.4) is 0 Å². The van der Waals surface area contributed by atoms with Crippen LogP contribution >= 0.6 is 0 Å². The Labute approximate surface area is 136 Å². The van der Waals surface area contributed by atoms with Crippen molar-refractivity contribution >= 4 is 17.5 Å². The number of halogens is 1. The summed E-state index contributed by atoms with van der Waals surface area (Å²) in [4.78, 5) is 23.5. The number of nitrogens with one attached hydrogen (secondary N) is 2. The van der Waals surface area contributed by atoms with Crippen molar-refractivity contribution in [2.24, 2.45) is 5.92 Å². The van der Waals surface area contributed by atoms with Gasteiger partial charge in [-0.05, 0) is 43.4 Å². The van der Waals surface area contributed by atoms with Crippen molar-refractivity contribution < 1.29 is 14.0 Å². The first-order chi connectivity index (χ1) is 11.0. The first-order valence-electron chi connectivity index (χ1n) is 8.39. The summed E-state index contributed by atoms with van der Waals surface area (Å²) >= 11 is 0. The Kier molecular flexibility index (Phi) is 6.13. The second-order valence-electron chi connectivity index (χ2n) is 6.29. The third-order valence-corrected chi connectivity index (χ3v) is 4.44. The molecule has 1 aliphatic carbocycles. The van der Waals surface area contributed by atoms with Gasteiger partial charge in [-0.3, -0.25) is 9.59 Å². The molecule has 0 heterocycles.